The zero-order valence-corrected chi connectivity index (χ0v) is 15.4. The molecule has 1 aromatic rings. The molecule has 3 nitrogen and oxygen atoms in total. The molecule has 1 unspecified atom stereocenters. The number of rotatable bonds is 10. The quantitative estimate of drug-likeness (QED) is 0.479. The molecular weight excluding hydrogens is 318 g/mol. The molecule has 1 aliphatic rings. The maximum Gasteiger partial charge on any atom is 0.0532 e. The molecule has 0 aromatic carbocycles. The topological polar surface area (TPSA) is 37.0 Å². The van der Waals surface area contributed by atoms with Gasteiger partial charge in [-0.25, -0.2) is 0 Å². The van der Waals surface area contributed by atoms with Gasteiger partial charge in [0.1, 0.15) is 0 Å². The van der Waals surface area contributed by atoms with Crippen molar-refractivity contribution in [1.82, 2.24) is 15.6 Å². The van der Waals surface area contributed by atoms with Crippen molar-refractivity contribution in [2.24, 2.45) is 0 Å². The molecule has 0 aliphatic heterocycles. The molecule has 2 rings (SSSR count). The first-order chi connectivity index (χ1) is 11.7. The van der Waals surface area contributed by atoms with E-state index >= 15 is 0 Å². The Kier molecular flexibility index (Phi) is 7.54. The van der Waals surface area contributed by atoms with Crippen molar-refractivity contribution < 1.29 is 0 Å². The van der Waals surface area contributed by atoms with E-state index in [0.717, 1.165) is 30.5 Å². The lowest BCUT2D eigenvalue weighted by Crippen LogP contribution is -2.26. The van der Waals surface area contributed by atoms with Gasteiger partial charge in [-0.3, -0.25) is 4.98 Å². The fourth-order valence-corrected chi connectivity index (χ4v) is 2.70. The Morgan fingerprint density at radius 2 is 2.25 bits per heavy atom. The normalized spacial score (nSPS) is 16.4. The summed E-state index contributed by atoms with van der Waals surface area (Å²) in [5.74, 6) is 0.698. The van der Waals surface area contributed by atoms with E-state index in [9.17, 15) is 0 Å². The summed E-state index contributed by atoms with van der Waals surface area (Å²) in [4.78, 5) is 4.55. The second-order valence-electron chi connectivity index (χ2n) is 6.23. The second-order valence-corrected chi connectivity index (χ2v) is 6.69. The van der Waals surface area contributed by atoms with E-state index in [1.807, 2.05) is 19.4 Å². The molecule has 1 fully saturated rings. The van der Waals surface area contributed by atoms with Crippen LogP contribution >= 0.6 is 11.6 Å². The lowest BCUT2D eigenvalue weighted by Gasteiger charge is -2.16. The number of hydrogen-bond donors (Lipinski definition) is 2. The van der Waals surface area contributed by atoms with Crippen LogP contribution in [-0.2, 0) is 6.54 Å². The molecule has 24 heavy (non-hydrogen) atoms. The first kappa shape index (κ1) is 18.8. The zero-order chi connectivity index (χ0) is 17.4. The van der Waals surface area contributed by atoms with Crippen molar-refractivity contribution in [3.8, 4) is 0 Å². The Bertz CT molecular complexity index is 585. The summed E-state index contributed by atoms with van der Waals surface area (Å²) in [6, 6.07) is 4.35. The Labute approximate surface area is 150 Å². The lowest BCUT2D eigenvalue weighted by molar-refractivity contribution is 0.743. The van der Waals surface area contributed by atoms with Gasteiger partial charge in [-0.05, 0) is 37.9 Å². The van der Waals surface area contributed by atoms with Crippen molar-refractivity contribution in [2.45, 2.75) is 51.1 Å². The summed E-state index contributed by atoms with van der Waals surface area (Å²) in [5.41, 5.74) is 3.34. The Balaban J connectivity index is 1.95. The zero-order valence-electron chi connectivity index (χ0n) is 14.7. The Morgan fingerprint density at radius 1 is 1.46 bits per heavy atom. The molecule has 2 N–H and O–H groups in total. The highest BCUT2D eigenvalue weighted by Crippen LogP contribution is 2.38. The van der Waals surface area contributed by atoms with Gasteiger partial charge in [0.25, 0.3) is 0 Å². The van der Waals surface area contributed by atoms with Crippen LogP contribution in [0.15, 0.2) is 53.9 Å². The van der Waals surface area contributed by atoms with Crippen molar-refractivity contribution in [1.29, 1.82) is 0 Å². The summed E-state index contributed by atoms with van der Waals surface area (Å²) >= 11 is 6.19. The number of nitrogens with zero attached hydrogens (tertiary/aromatic N) is 1. The third kappa shape index (κ3) is 5.81. The van der Waals surface area contributed by atoms with Crippen LogP contribution in [0.5, 0.6) is 0 Å². The van der Waals surface area contributed by atoms with Crippen LogP contribution in [0.1, 0.15) is 49.8 Å². The van der Waals surface area contributed by atoms with Crippen LogP contribution in [0.2, 0.25) is 0 Å². The highest BCUT2D eigenvalue weighted by molar-refractivity contribution is 6.31. The molecule has 1 atom stereocenters. The highest BCUT2D eigenvalue weighted by atomic mass is 35.5. The molecule has 1 aromatic heterocycles. The van der Waals surface area contributed by atoms with Crippen molar-refractivity contribution >= 4 is 11.6 Å². The van der Waals surface area contributed by atoms with E-state index < -0.39 is 0 Å². The van der Waals surface area contributed by atoms with Gasteiger partial charge in [0.15, 0.2) is 0 Å². The van der Waals surface area contributed by atoms with Crippen LogP contribution in [-0.4, -0.2) is 18.1 Å². The summed E-state index contributed by atoms with van der Waals surface area (Å²) in [6.45, 7) is 6.78. The molecule has 130 valence electrons. The maximum atomic E-state index is 6.19. The van der Waals surface area contributed by atoms with Crippen molar-refractivity contribution in [3.63, 3.8) is 0 Å². The molecule has 1 saturated carbocycles. The Morgan fingerprint density at radius 3 is 2.79 bits per heavy atom. The first-order valence-electron chi connectivity index (χ1n) is 8.72. The van der Waals surface area contributed by atoms with Gasteiger partial charge in [0.05, 0.1) is 6.04 Å². The SMILES string of the molecule is C=C(Cl)/C(=C/NCc1ccc(C2CC2)nc1)C(/C=C\CCC)NC. The van der Waals surface area contributed by atoms with Crippen LogP contribution in [0.3, 0.4) is 0 Å². The number of likely N-dealkylation sites (N-methyl/N-ethyl adjacent to an activating group) is 1. The molecule has 0 bridgehead atoms. The van der Waals surface area contributed by atoms with Gasteiger partial charge >= 0.3 is 0 Å². The molecule has 0 amide bonds. The second kappa shape index (κ2) is 9.65. The van der Waals surface area contributed by atoms with E-state index in [1.54, 1.807) is 0 Å². The van der Waals surface area contributed by atoms with Gasteiger partial charge in [-0.2, -0.15) is 0 Å². The first-order valence-corrected chi connectivity index (χ1v) is 9.10. The van der Waals surface area contributed by atoms with Crippen molar-refractivity contribution in [2.75, 3.05) is 7.05 Å². The largest absolute Gasteiger partial charge is 0.386 e. The van der Waals surface area contributed by atoms with Gasteiger partial charge in [-0.1, -0.05) is 49.7 Å². The number of pyridine rings is 1. The maximum absolute atomic E-state index is 6.19. The van der Waals surface area contributed by atoms with Gasteiger partial charge in [-0.15, -0.1) is 0 Å². The van der Waals surface area contributed by atoms with Gasteiger partial charge in [0, 0.05) is 41.2 Å². The molecule has 0 spiro atoms. The predicted molar refractivity (Wildman–Crippen MR) is 103 cm³/mol. The Hall–Kier alpha value is -1.58. The summed E-state index contributed by atoms with van der Waals surface area (Å²) in [7, 11) is 1.93. The number of hydrogen-bond acceptors (Lipinski definition) is 3. The van der Waals surface area contributed by atoms with Crippen LogP contribution in [0, 0.1) is 0 Å². The lowest BCUT2D eigenvalue weighted by atomic mass is 10.1. The molecule has 0 radical (unpaired) electrons. The van der Waals surface area contributed by atoms with Crippen molar-refractivity contribution in [3.05, 3.63) is 65.1 Å². The van der Waals surface area contributed by atoms with Gasteiger partial charge < -0.3 is 10.6 Å². The summed E-state index contributed by atoms with van der Waals surface area (Å²) in [6.07, 6.45) is 13.0. The molecule has 4 heteroatoms. The molecule has 1 heterocycles. The van der Waals surface area contributed by atoms with Crippen LogP contribution < -0.4 is 10.6 Å². The van der Waals surface area contributed by atoms with Gasteiger partial charge in [0.2, 0.25) is 0 Å². The molecule has 0 saturated heterocycles. The van der Waals surface area contributed by atoms with E-state index in [1.165, 1.54) is 18.5 Å². The molecular formula is C20H28ClN3. The van der Waals surface area contributed by atoms with E-state index in [-0.39, 0.29) is 6.04 Å². The standard InChI is InChI=1S/C20H28ClN3/c1-4-5-6-7-20(22-3)18(15(2)21)14-23-12-16-8-11-19(24-13-16)17-9-10-17/h6-8,11,13-14,17,20,22-23H,2,4-5,9-10,12H2,1,3H3/b7-6-,18-14-. The average Bonchev–Trinajstić information content (AvgIpc) is 3.42. The number of halogens is 1. The summed E-state index contributed by atoms with van der Waals surface area (Å²) < 4.78 is 0. The summed E-state index contributed by atoms with van der Waals surface area (Å²) in [5, 5.41) is 7.14. The average molecular weight is 346 g/mol. The minimum absolute atomic E-state index is 0.0596. The third-order valence-electron chi connectivity index (χ3n) is 4.15. The molecule has 1 aliphatic carbocycles. The van der Waals surface area contributed by atoms with E-state index in [2.05, 4.69) is 53.4 Å². The number of nitrogens with one attached hydrogen (secondary N) is 2. The van der Waals surface area contributed by atoms with E-state index in [4.69, 9.17) is 11.6 Å². The minimum Gasteiger partial charge on any atom is -0.386 e. The third-order valence-corrected chi connectivity index (χ3v) is 4.37. The number of allylic oxidation sites excluding steroid dienone is 1. The number of aromatic nitrogens is 1. The minimum atomic E-state index is 0.0596. The van der Waals surface area contributed by atoms with Crippen LogP contribution in [0.4, 0.5) is 0 Å². The predicted octanol–water partition coefficient (Wildman–Crippen LogP) is 4.63. The highest BCUT2D eigenvalue weighted by Gasteiger charge is 2.24. The van der Waals surface area contributed by atoms with E-state index in [0.29, 0.717) is 11.0 Å². The number of unbranched alkanes of at least 4 members (excludes halogenated alkanes) is 1. The smallest absolute Gasteiger partial charge is 0.0532 e. The fourth-order valence-electron chi connectivity index (χ4n) is 2.53. The fraction of sp³-hybridized carbons (Fsp3) is 0.450. The van der Waals surface area contributed by atoms with Crippen LogP contribution in [0.25, 0.3) is 0 Å². The monoisotopic (exact) mass is 345 g/mol.